The average Bonchev–Trinajstić information content (AvgIpc) is 2.47. The molecule has 1 saturated heterocycles. The second-order valence-corrected chi connectivity index (χ2v) is 5.54. The lowest BCUT2D eigenvalue weighted by atomic mass is 9.98. The lowest BCUT2D eigenvalue weighted by Crippen LogP contribution is -2.42. The van der Waals surface area contributed by atoms with E-state index in [1.165, 1.54) is 12.1 Å². The molecule has 1 aromatic rings. The number of likely N-dealkylation sites (tertiary alicyclic amines) is 1. The molecule has 2 N–H and O–H groups in total. The van der Waals surface area contributed by atoms with E-state index >= 15 is 0 Å². The Kier molecular flexibility index (Phi) is 5.25. The molecule has 1 amide bonds. The van der Waals surface area contributed by atoms with Crippen LogP contribution in [-0.4, -0.2) is 41.5 Å². The fraction of sp³-hybridized carbons (Fsp3) is 0.467. The summed E-state index contributed by atoms with van der Waals surface area (Å²) in [5.41, 5.74) is -0.509. The third-order valence-corrected chi connectivity index (χ3v) is 3.72. The number of carbonyl (C=O) groups excluding carboxylic acids is 1. The maximum Gasteiger partial charge on any atom is 0.416 e. The minimum Gasteiger partial charge on any atom is -0.481 e. The number of carboxylic acids is 1. The first-order chi connectivity index (χ1) is 10.8. The molecule has 1 aliphatic heterocycles. The van der Waals surface area contributed by atoms with Gasteiger partial charge in [-0.3, -0.25) is 14.5 Å². The van der Waals surface area contributed by atoms with Gasteiger partial charge < -0.3 is 10.4 Å². The first-order valence-electron chi connectivity index (χ1n) is 7.18. The predicted octanol–water partition coefficient (Wildman–Crippen LogP) is 2.44. The molecule has 1 unspecified atom stereocenters. The molecule has 23 heavy (non-hydrogen) atoms. The predicted molar refractivity (Wildman–Crippen MR) is 76.9 cm³/mol. The number of carboxylic acid groups (broad SMARTS) is 1. The molecule has 126 valence electrons. The van der Waals surface area contributed by atoms with E-state index in [4.69, 9.17) is 5.11 Å². The Morgan fingerprint density at radius 3 is 2.48 bits per heavy atom. The lowest BCUT2D eigenvalue weighted by molar-refractivity contribution is -0.144. The third-order valence-electron chi connectivity index (χ3n) is 3.72. The Bertz CT molecular complexity index is 572. The molecule has 8 heteroatoms. The molecule has 0 saturated carbocycles. The fourth-order valence-corrected chi connectivity index (χ4v) is 2.55. The summed E-state index contributed by atoms with van der Waals surface area (Å²) in [6.07, 6.45) is -3.13. The van der Waals surface area contributed by atoms with Gasteiger partial charge in [0.15, 0.2) is 0 Å². The van der Waals surface area contributed by atoms with Crippen molar-refractivity contribution in [2.24, 2.45) is 5.92 Å². The number of carbonyl (C=O) groups is 2. The van der Waals surface area contributed by atoms with Crippen molar-refractivity contribution in [1.82, 2.24) is 4.90 Å². The molecular formula is C15H17F3N2O3. The molecule has 1 heterocycles. The van der Waals surface area contributed by atoms with Gasteiger partial charge in [0, 0.05) is 12.2 Å². The van der Waals surface area contributed by atoms with E-state index in [0.29, 0.717) is 25.9 Å². The molecule has 1 atom stereocenters. The molecule has 1 fully saturated rings. The number of alkyl halides is 3. The Hall–Kier alpha value is -2.09. The SMILES string of the molecule is O=C(CN1CCCC(C(=O)O)C1)Nc1ccc(C(F)(F)F)cc1. The number of nitrogens with zero attached hydrogens (tertiary/aromatic N) is 1. The van der Waals surface area contributed by atoms with Crippen molar-refractivity contribution in [2.45, 2.75) is 19.0 Å². The van der Waals surface area contributed by atoms with E-state index in [0.717, 1.165) is 12.1 Å². The largest absolute Gasteiger partial charge is 0.481 e. The molecule has 2 rings (SSSR count). The summed E-state index contributed by atoms with van der Waals surface area (Å²) in [6.45, 7) is 0.949. The second kappa shape index (κ2) is 6.99. The van der Waals surface area contributed by atoms with Gasteiger partial charge in [-0.15, -0.1) is 0 Å². The van der Waals surface area contributed by atoms with Gasteiger partial charge in [-0.1, -0.05) is 0 Å². The van der Waals surface area contributed by atoms with E-state index in [-0.39, 0.29) is 18.1 Å². The van der Waals surface area contributed by atoms with Crippen LogP contribution in [0.1, 0.15) is 18.4 Å². The Balaban J connectivity index is 1.88. The smallest absolute Gasteiger partial charge is 0.416 e. The summed E-state index contributed by atoms with van der Waals surface area (Å²) in [4.78, 5) is 24.6. The van der Waals surface area contributed by atoms with Crippen molar-refractivity contribution in [2.75, 3.05) is 25.0 Å². The van der Waals surface area contributed by atoms with Crippen LogP contribution >= 0.6 is 0 Å². The summed E-state index contributed by atoms with van der Waals surface area (Å²) >= 11 is 0. The van der Waals surface area contributed by atoms with Crippen LogP contribution in [0.25, 0.3) is 0 Å². The summed E-state index contributed by atoms with van der Waals surface area (Å²) < 4.78 is 37.4. The summed E-state index contributed by atoms with van der Waals surface area (Å²) in [5, 5.41) is 11.5. The van der Waals surface area contributed by atoms with Crippen molar-refractivity contribution < 1.29 is 27.9 Å². The zero-order valence-electron chi connectivity index (χ0n) is 12.3. The van der Waals surface area contributed by atoms with E-state index in [1.807, 2.05) is 0 Å². The molecule has 0 aliphatic carbocycles. The highest BCUT2D eigenvalue weighted by Gasteiger charge is 2.30. The van der Waals surface area contributed by atoms with Crippen LogP contribution in [0.15, 0.2) is 24.3 Å². The van der Waals surface area contributed by atoms with Gasteiger partial charge in [-0.2, -0.15) is 13.2 Å². The standard InChI is InChI=1S/C15H17F3N2O3/c16-15(17,18)11-3-5-12(6-4-11)19-13(21)9-20-7-1-2-10(8-20)14(22)23/h3-6,10H,1-2,7-9H2,(H,19,21)(H,22,23). The first kappa shape index (κ1) is 17.3. The van der Waals surface area contributed by atoms with Crippen molar-refractivity contribution >= 4 is 17.6 Å². The molecule has 5 nitrogen and oxygen atoms in total. The maximum absolute atomic E-state index is 12.5. The third kappa shape index (κ3) is 4.95. The minimum atomic E-state index is -4.41. The van der Waals surface area contributed by atoms with Crippen molar-refractivity contribution in [3.05, 3.63) is 29.8 Å². The topological polar surface area (TPSA) is 69.6 Å². The van der Waals surface area contributed by atoms with E-state index in [2.05, 4.69) is 5.32 Å². The molecule has 0 spiro atoms. The molecule has 1 aromatic carbocycles. The van der Waals surface area contributed by atoms with E-state index in [9.17, 15) is 22.8 Å². The normalized spacial score (nSPS) is 19.3. The van der Waals surface area contributed by atoms with Crippen LogP contribution in [0.5, 0.6) is 0 Å². The monoisotopic (exact) mass is 330 g/mol. The number of halogens is 3. The van der Waals surface area contributed by atoms with Gasteiger partial charge >= 0.3 is 12.1 Å². The van der Waals surface area contributed by atoms with Crippen LogP contribution < -0.4 is 5.32 Å². The number of amides is 1. The fourth-order valence-electron chi connectivity index (χ4n) is 2.55. The van der Waals surface area contributed by atoms with Crippen molar-refractivity contribution in [3.63, 3.8) is 0 Å². The molecule has 0 aromatic heterocycles. The Morgan fingerprint density at radius 2 is 1.91 bits per heavy atom. The highest BCUT2D eigenvalue weighted by Crippen LogP contribution is 2.29. The summed E-state index contributed by atoms with van der Waals surface area (Å²) in [5.74, 6) is -1.74. The van der Waals surface area contributed by atoms with E-state index < -0.39 is 23.6 Å². The second-order valence-electron chi connectivity index (χ2n) is 5.54. The zero-order chi connectivity index (χ0) is 17.0. The van der Waals surface area contributed by atoms with Gasteiger partial charge in [0.2, 0.25) is 5.91 Å². The lowest BCUT2D eigenvalue weighted by Gasteiger charge is -2.29. The Labute approximate surface area is 131 Å². The van der Waals surface area contributed by atoms with E-state index in [1.54, 1.807) is 4.90 Å². The maximum atomic E-state index is 12.5. The minimum absolute atomic E-state index is 0.0187. The van der Waals surface area contributed by atoms with Crippen LogP contribution in [0.4, 0.5) is 18.9 Å². The summed E-state index contributed by atoms with van der Waals surface area (Å²) in [7, 11) is 0. The number of benzene rings is 1. The molecular weight excluding hydrogens is 313 g/mol. The van der Waals surface area contributed by atoms with Crippen LogP contribution in [0, 0.1) is 5.92 Å². The number of piperidine rings is 1. The zero-order valence-corrected chi connectivity index (χ0v) is 12.3. The number of rotatable bonds is 4. The van der Waals surface area contributed by atoms with Crippen LogP contribution in [-0.2, 0) is 15.8 Å². The van der Waals surface area contributed by atoms with Crippen LogP contribution in [0.2, 0.25) is 0 Å². The van der Waals surface area contributed by atoms with Crippen LogP contribution in [0.3, 0.4) is 0 Å². The highest BCUT2D eigenvalue weighted by atomic mass is 19.4. The number of aliphatic carboxylic acids is 1. The summed E-state index contributed by atoms with van der Waals surface area (Å²) in [6, 6.07) is 4.18. The van der Waals surface area contributed by atoms with Gasteiger partial charge in [-0.05, 0) is 43.7 Å². The molecule has 0 bridgehead atoms. The van der Waals surface area contributed by atoms with Crippen molar-refractivity contribution in [1.29, 1.82) is 0 Å². The average molecular weight is 330 g/mol. The Morgan fingerprint density at radius 1 is 1.26 bits per heavy atom. The quantitative estimate of drug-likeness (QED) is 0.890. The van der Waals surface area contributed by atoms with Gasteiger partial charge in [-0.25, -0.2) is 0 Å². The van der Waals surface area contributed by atoms with Gasteiger partial charge in [0.25, 0.3) is 0 Å². The van der Waals surface area contributed by atoms with Gasteiger partial charge in [0.05, 0.1) is 18.0 Å². The van der Waals surface area contributed by atoms with Gasteiger partial charge in [0.1, 0.15) is 0 Å². The van der Waals surface area contributed by atoms with Crippen molar-refractivity contribution in [3.8, 4) is 0 Å². The number of hydrogen-bond acceptors (Lipinski definition) is 3. The number of anilines is 1. The molecule has 0 radical (unpaired) electrons. The number of hydrogen-bond donors (Lipinski definition) is 2. The highest BCUT2D eigenvalue weighted by molar-refractivity contribution is 5.92. The first-order valence-corrected chi connectivity index (χ1v) is 7.18. The molecule has 1 aliphatic rings. The number of nitrogens with one attached hydrogen (secondary N) is 1.